The van der Waals surface area contributed by atoms with Crippen LogP contribution < -0.4 is 15.8 Å². The molecule has 0 radical (unpaired) electrons. The standard InChI is InChI=1S/C25H26N4O2S/c30-24(26-14-20-12-7-13-32-20)21-16-28(15-18-8-3-1-4-9-18)17-22-23(21)27-29(25(22)31)19-10-5-2-6-11-19/h1-13,21-23,27H,14-17H2,(H,26,30). The molecule has 2 aromatic carbocycles. The molecule has 5 rings (SSSR count). The molecule has 3 unspecified atom stereocenters. The van der Waals surface area contributed by atoms with Crippen molar-refractivity contribution in [3.63, 3.8) is 0 Å². The second kappa shape index (κ2) is 9.24. The van der Waals surface area contributed by atoms with E-state index in [-0.39, 0.29) is 29.7 Å². The van der Waals surface area contributed by atoms with Crippen LogP contribution in [0.5, 0.6) is 0 Å². The molecule has 2 aliphatic heterocycles. The van der Waals surface area contributed by atoms with Gasteiger partial charge in [0, 0.05) is 24.5 Å². The molecule has 7 heteroatoms. The number of hydrogen-bond donors (Lipinski definition) is 2. The summed E-state index contributed by atoms with van der Waals surface area (Å²) in [6, 6.07) is 23.6. The average molecular weight is 447 g/mol. The van der Waals surface area contributed by atoms with Gasteiger partial charge >= 0.3 is 0 Å². The molecular weight excluding hydrogens is 420 g/mol. The van der Waals surface area contributed by atoms with E-state index in [0.717, 1.165) is 17.1 Å². The minimum Gasteiger partial charge on any atom is -0.351 e. The van der Waals surface area contributed by atoms with E-state index >= 15 is 0 Å². The molecule has 2 fully saturated rings. The van der Waals surface area contributed by atoms with Crippen LogP contribution in [0.2, 0.25) is 0 Å². The van der Waals surface area contributed by atoms with Crippen LogP contribution in [0, 0.1) is 11.8 Å². The Kier molecular flexibility index (Phi) is 6.03. The number of nitrogens with zero attached hydrogens (tertiary/aromatic N) is 2. The zero-order chi connectivity index (χ0) is 21.9. The fourth-order valence-electron chi connectivity index (χ4n) is 4.64. The molecule has 1 aromatic heterocycles. The highest BCUT2D eigenvalue weighted by Crippen LogP contribution is 2.32. The monoisotopic (exact) mass is 446 g/mol. The molecule has 2 amide bonds. The van der Waals surface area contributed by atoms with E-state index in [1.165, 1.54) is 5.56 Å². The normalized spacial score (nSPS) is 23.2. The van der Waals surface area contributed by atoms with Crippen LogP contribution in [0.1, 0.15) is 10.4 Å². The van der Waals surface area contributed by atoms with Gasteiger partial charge in [0.25, 0.3) is 0 Å². The van der Waals surface area contributed by atoms with Gasteiger partial charge in [-0.15, -0.1) is 11.3 Å². The van der Waals surface area contributed by atoms with Crippen LogP contribution in [0.15, 0.2) is 78.2 Å². The van der Waals surface area contributed by atoms with Crippen LogP contribution in [0.25, 0.3) is 0 Å². The maximum Gasteiger partial charge on any atom is 0.247 e. The number of anilines is 1. The Labute approximate surface area is 191 Å². The number of hydrazine groups is 1. The quantitative estimate of drug-likeness (QED) is 0.611. The maximum atomic E-state index is 13.4. The van der Waals surface area contributed by atoms with Crippen LogP contribution in [0.4, 0.5) is 5.69 Å². The van der Waals surface area contributed by atoms with Crippen molar-refractivity contribution in [2.75, 3.05) is 18.1 Å². The molecule has 6 nitrogen and oxygen atoms in total. The minimum atomic E-state index is -0.324. The van der Waals surface area contributed by atoms with E-state index < -0.39 is 0 Å². The first-order valence-corrected chi connectivity index (χ1v) is 11.8. The first-order chi connectivity index (χ1) is 15.7. The highest BCUT2D eigenvalue weighted by atomic mass is 32.1. The van der Waals surface area contributed by atoms with Gasteiger partial charge in [0.2, 0.25) is 11.8 Å². The molecule has 0 aliphatic carbocycles. The molecule has 0 saturated carbocycles. The maximum absolute atomic E-state index is 13.4. The Morgan fingerprint density at radius 1 is 1.00 bits per heavy atom. The first-order valence-electron chi connectivity index (χ1n) is 10.9. The molecule has 164 valence electrons. The highest BCUT2D eigenvalue weighted by molar-refractivity contribution is 7.09. The number of likely N-dealkylation sites (tertiary alicyclic amines) is 1. The van der Waals surface area contributed by atoms with E-state index in [1.807, 2.05) is 66.0 Å². The lowest BCUT2D eigenvalue weighted by molar-refractivity contribution is -0.130. The van der Waals surface area contributed by atoms with Gasteiger partial charge in [0.1, 0.15) is 0 Å². The summed E-state index contributed by atoms with van der Waals surface area (Å²) >= 11 is 1.63. The summed E-state index contributed by atoms with van der Waals surface area (Å²) in [4.78, 5) is 30.0. The van der Waals surface area contributed by atoms with E-state index in [4.69, 9.17) is 0 Å². The first kappa shape index (κ1) is 20.9. The van der Waals surface area contributed by atoms with Crippen molar-refractivity contribution in [2.24, 2.45) is 11.8 Å². The van der Waals surface area contributed by atoms with Crippen LogP contribution in [-0.4, -0.2) is 35.8 Å². The molecule has 3 heterocycles. The Morgan fingerprint density at radius 3 is 2.47 bits per heavy atom. The number of carbonyl (C=O) groups excluding carboxylic acids is 2. The Morgan fingerprint density at radius 2 is 1.75 bits per heavy atom. The third kappa shape index (κ3) is 4.32. The smallest absolute Gasteiger partial charge is 0.247 e. The third-order valence-electron chi connectivity index (χ3n) is 6.21. The number of amides is 2. The molecule has 2 saturated heterocycles. The second-order valence-corrected chi connectivity index (χ2v) is 9.39. The predicted octanol–water partition coefficient (Wildman–Crippen LogP) is 3.03. The van der Waals surface area contributed by atoms with E-state index in [1.54, 1.807) is 16.3 Å². The largest absolute Gasteiger partial charge is 0.351 e. The van der Waals surface area contributed by atoms with E-state index in [2.05, 4.69) is 27.8 Å². The summed E-state index contributed by atoms with van der Waals surface area (Å²) in [7, 11) is 0. The summed E-state index contributed by atoms with van der Waals surface area (Å²) in [5.74, 6) is -0.586. The van der Waals surface area contributed by atoms with Gasteiger partial charge in [-0.1, -0.05) is 54.6 Å². The van der Waals surface area contributed by atoms with Crippen molar-refractivity contribution in [1.29, 1.82) is 0 Å². The van der Waals surface area contributed by atoms with Crippen molar-refractivity contribution in [3.8, 4) is 0 Å². The van der Waals surface area contributed by atoms with Crippen LogP contribution in [0.3, 0.4) is 0 Å². The van der Waals surface area contributed by atoms with Gasteiger partial charge in [0.05, 0.1) is 30.1 Å². The molecule has 2 aliphatic rings. The van der Waals surface area contributed by atoms with Crippen molar-refractivity contribution in [3.05, 3.63) is 88.6 Å². The molecule has 32 heavy (non-hydrogen) atoms. The van der Waals surface area contributed by atoms with Gasteiger partial charge in [-0.2, -0.15) is 0 Å². The number of nitrogens with one attached hydrogen (secondary N) is 2. The number of thiophene rings is 1. The Bertz CT molecular complexity index is 1060. The molecule has 2 N–H and O–H groups in total. The van der Waals surface area contributed by atoms with E-state index in [9.17, 15) is 9.59 Å². The molecule has 0 spiro atoms. The van der Waals surface area contributed by atoms with Crippen molar-refractivity contribution < 1.29 is 9.59 Å². The number of para-hydroxylation sites is 1. The number of benzene rings is 2. The number of rotatable bonds is 6. The van der Waals surface area contributed by atoms with Crippen molar-refractivity contribution in [2.45, 2.75) is 19.1 Å². The fraction of sp³-hybridized carbons (Fsp3) is 0.280. The van der Waals surface area contributed by atoms with Gasteiger partial charge in [-0.05, 0) is 29.1 Å². The summed E-state index contributed by atoms with van der Waals surface area (Å²) in [5, 5.41) is 6.73. The van der Waals surface area contributed by atoms with E-state index in [0.29, 0.717) is 19.6 Å². The molecule has 3 atom stereocenters. The lowest BCUT2D eigenvalue weighted by atomic mass is 9.83. The van der Waals surface area contributed by atoms with Gasteiger partial charge in [-0.3, -0.25) is 14.5 Å². The Balaban J connectivity index is 1.37. The van der Waals surface area contributed by atoms with Crippen LogP contribution >= 0.6 is 11.3 Å². The topological polar surface area (TPSA) is 64.7 Å². The zero-order valence-corrected chi connectivity index (χ0v) is 18.5. The zero-order valence-electron chi connectivity index (χ0n) is 17.7. The number of piperidine rings is 1. The Hall–Kier alpha value is -3.00. The summed E-state index contributed by atoms with van der Waals surface area (Å²) in [6.07, 6.45) is 0. The highest BCUT2D eigenvalue weighted by Gasteiger charge is 2.50. The second-order valence-electron chi connectivity index (χ2n) is 8.35. The third-order valence-corrected chi connectivity index (χ3v) is 7.09. The predicted molar refractivity (Wildman–Crippen MR) is 126 cm³/mol. The number of carbonyl (C=O) groups is 2. The SMILES string of the molecule is O=C(NCc1cccs1)C1CN(Cc2ccccc2)CC2C(=O)N(c3ccccc3)NC12. The fourth-order valence-corrected chi connectivity index (χ4v) is 5.29. The molecule has 0 bridgehead atoms. The van der Waals surface area contributed by atoms with Gasteiger partial charge in [-0.25, -0.2) is 10.4 Å². The molecule has 3 aromatic rings. The summed E-state index contributed by atoms with van der Waals surface area (Å²) in [6.45, 7) is 2.47. The average Bonchev–Trinajstić information content (AvgIpc) is 3.47. The minimum absolute atomic E-state index is 0.0126. The van der Waals surface area contributed by atoms with Crippen LogP contribution in [-0.2, 0) is 22.7 Å². The van der Waals surface area contributed by atoms with Crippen molar-refractivity contribution >= 4 is 28.8 Å². The summed E-state index contributed by atoms with van der Waals surface area (Å²) in [5.41, 5.74) is 5.35. The number of fused-ring (bicyclic) bond motifs is 1. The lowest BCUT2D eigenvalue weighted by Gasteiger charge is -2.38. The van der Waals surface area contributed by atoms with Gasteiger partial charge < -0.3 is 5.32 Å². The summed E-state index contributed by atoms with van der Waals surface area (Å²) < 4.78 is 0. The molecular formula is C25H26N4O2S. The van der Waals surface area contributed by atoms with Crippen molar-refractivity contribution in [1.82, 2.24) is 15.6 Å². The lowest BCUT2D eigenvalue weighted by Crippen LogP contribution is -2.56. The van der Waals surface area contributed by atoms with Gasteiger partial charge in [0.15, 0.2) is 0 Å². The number of hydrogen-bond acceptors (Lipinski definition) is 5.